The molecule has 1 aliphatic rings. The number of hydrogen-bond acceptors (Lipinski definition) is 6. The van der Waals surface area contributed by atoms with Gasteiger partial charge < -0.3 is 15.4 Å². The Morgan fingerprint density at radius 3 is 2.19 bits per heavy atom. The zero-order valence-corrected chi connectivity index (χ0v) is 13.7. The third-order valence-electron chi connectivity index (χ3n) is 3.69. The van der Waals surface area contributed by atoms with E-state index in [0.29, 0.717) is 23.9 Å². The minimum absolute atomic E-state index is 0.0414. The lowest BCUT2D eigenvalue weighted by molar-refractivity contribution is 0.222. The molecule has 0 amide bonds. The summed E-state index contributed by atoms with van der Waals surface area (Å²) < 4.78 is 5.59. The predicted octanol–water partition coefficient (Wildman–Crippen LogP) is 2.94. The van der Waals surface area contributed by atoms with Crippen LogP contribution < -0.4 is 15.4 Å². The number of nitrogens with one attached hydrogen (secondary N) is 2. The molecule has 0 spiro atoms. The first-order valence-electron chi connectivity index (χ1n) is 7.83. The first-order chi connectivity index (χ1) is 9.96. The van der Waals surface area contributed by atoms with Gasteiger partial charge in [0.2, 0.25) is 11.9 Å². The van der Waals surface area contributed by atoms with Gasteiger partial charge in [0.15, 0.2) is 0 Å². The molecule has 0 aliphatic heterocycles. The van der Waals surface area contributed by atoms with Crippen LogP contribution in [0.25, 0.3) is 0 Å². The van der Waals surface area contributed by atoms with E-state index < -0.39 is 0 Å². The number of nitrogens with zero attached hydrogens (tertiary/aromatic N) is 3. The van der Waals surface area contributed by atoms with Crippen LogP contribution in [0.2, 0.25) is 0 Å². The molecule has 0 aromatic carbocycles. The van der Waals surface area contributed by atoms with Crippen LogP contribution in [0.3, 0.4) is 0 Å². The van der Waals surface area contributed by atoms with Gasteiger partial charge in [-0.3, -0.25) is 0 Å². The highest BCUT2D eigenvalue weighted by molar-refractivity contribution is 5.36. The van der Waals surface area contributed by atoms with Gasteiger partial charge in [0, 0.05) is 13.1 Å². The summed E-state index contributed by atoms with van der Waals surface area (Å²) in [5.74, 6) is 2.60. The summed E-state index contributed by atoms with van der Waals surface area (Å²) in [6.07, 6.45) is 3.66. The molecule has 1 aromatic heterocycles. The summed E-state index contributed by atoms with van der Waals surface area (Å²) in [6.45, 7) is 8.54. The van der Waals surface area contributed by atoms with Gasteiger partial charge >= 0.3 is 6.01 Å². The third kappa shape index (κ3) is 4.72. The van der Waals surface area contributed by atoms with Gasteiger partial charge in [0.1, 0.15) is 0 Å². The van der Waals surface area contributed by atoms with Gasteiger partial charge in [0.25, 0.3) is 0 Å². The molecular weight excluding hydrogens is 266 g/mol. The Morgan fingerprint density at radius 1 is 1.00 bits per heavy atom. The summed E-state index contributed by atoms with van der Waals surface area (Å²) in [4.78, 5) is 13.0. The van der Waals surface area contributed by atoms with E-state index in [-0.39, 0.29) is 6.10 Å². The predicted molar refractivity (Wildman–Crippen MR) is 84.7 cm³/mol. The third-order valence-corrected chi connectivity index (χ3v) is 3.69. The highest BCUT2D eigenvalue weighted by Gasteiger charge is 2.24. The number of hydrogen-bond donors (Lipinski definition) is 2. The largest absolute Gasteiger partial charge is 0.461 e. The Kier molecular flexibility index (Phi) is 5.20. The Balaban J connectivity index is 2.11. The van der Waals surface area contributed by atoms with E-state index in [9.17, 15) is 0 Å². The molecule has 6 heteroatoms. The fraction of sp³-hybridized carbons (Fsp3) is 0.800. The van der Waals surface area contributed by atoms with E-state index in [0.717, 1.165) is 24.7 Å². The maximum absolute atomic E-state index is 5.59. The normalized spacial score (nSPS) is 25.7. The van der Waals surface area contributed by atoms with E-state index in [1.807, 2.05) is 13.8 Å². The second-order valence-electron chi connectivity index (χ2n) is 6.44. The molecule has 2 N–H and O–H groups in total. The van der Waals surface area contributed by atoms with E-state index in [1.165, 1.54) is 6.42 Å². The van der Waals surface area contributed by atoms with Gasteiger partial charge in [-0.25, -0.2) is 0 Å². The van der Waals surface area contributed by atoms with Crippen LogP contribution >= 0.6 is 0 Å². The summed E-state index contributed by atoms with van der Waals surface area (Å²) >= 11 is 0. The first-order valence-corrected chi connectivity index (χ1v) is 7.83. The number of rotatable bonds is 5. The second-order valence-corrected chi connectivity index (χ2v) is 6.44. The topological polar surface area (TPSA) is 72.0 Å². The molecule has 118 valence electrons. The van der Waals surface area contributed by atoms with Crippen molar-refractivity contribution in [3.8, 4) is 6.01 Å². The van der Waals surface area contributed by atoms with E-state index in [2.05, 4.69) is 39.4 Å². The molecule has 1 aromatic rings. The number of ether oxygens (including phenoxy) is 1. The lowest BCUT2D eigenvalue weighted by Crippen LogP contribution is -2.31. The van der Waals surface area contributed by atoms with Crippen LogP contribution in [0.1, 0.15) is 47.0 Å². The van der Waals surface area contributed by atoms with Crippen molar-refractivity contribution < 1.29 is 4.74 Å². The average molecular weight is 293 g/mol. The zero-order chi connectivity index (χ0) is 15.4. The fourth-order valence-corrected chi connectivity index (χ4v) is 3.04. The number of aromatic nitrogens is 3. The van der Waals surface area contributed by atoms with Crippen LogP contribution in [0.4, 0.5) is 11.9 Å². The van der Waals surface area contributed by atoms with Crippen molar-refractivity contribution in [2.24, 2.45) is 11.8 Å². The molecule has 2 rings (SSSR count). The maximum Gasteiger partial charge on any atom is 0.323 e. The van der Waals surface area contributed by atoms with Gasteiger partial charge in [-0.1, -0.05) is 13.8 Å². The van der Waals surface area contributed by atoms with Crippen molar-refractivity contribution >= 4 is 11.9 Å². The molecule has 2 atom stereocenters. The standard InChI is InChI=1S/C15H27N5O/c1-9(2)21-15-19-13(16-5)18-14(20-15)17-12-7-10(3)6-11(4)8-12/h9-12H,6-8H2,1-5H3,(H2,16,17,18,19,20). The Bertz CT molecular complexity index is 455. The van der Waals surface area contributed by atoms with Gasteiger partial charge in [0.05, 0.1) is 6.10 Å². The molecule has 1 fully saturated rings. The molecule has 1 heterocycles. The van der Waals surface area contributed by atoms with Crippen LogP contribution in [0, 0.1) is 11.8 Å². The Morgan fingerprint density at radius 2 is 1.62 bits per heavy atom. The van der Waals surface area contributed by atoms with Crippen LogP contribution in [-0.2, 0) is 0 Å². The van der Waals surface area contributed by atoms with Gasteiger partial charge in [-0.2, -0.15) is 15.0 Å². The summed E-state index contributed by atoms with van der Waals surface area (Å²) in [5, 5.41) is 6.40. The maximum atomic E-state index is 5.59. The highest BCUT2D eigenvalue weighted by Crippen LogP contribution is 2.30. The van der Waals surface area contributed by atoms with Crippen molar-refractivity contribution in [2.45, 2.75) is 59.1 Å². The summed E-state index contributed by atoms with van der Waals surface area (Å²) in [7, 11) is 1.79. The molecule has 21 heavy (non-hydrogen) atoms. The lowest BCUT2D eigenvalue weighted by atomic mass is 9.80. The fourth-order valence-electron chi connectivity index (χ4n) is 3.04. The van der Waals surface area contributed by atoms with Gasteiger partial charge in [-0.15, -0.1) is 0 Å². The second kappa shape index (κ2) is 6.91. The molecule has 2 unspecified atom stereocenters. The first kappa shape index (κ1) is 15.8. The SMILES string of the molecule is CNc1nc(NC2CC(C)CC(C)C2)nc(OC(C)C)n1. The highest BCUT2D eigenvalue weighted by atomic mass is 16.5. The summed E-state index contributed by atoms with van der Waals surface area (Å²) in [6, 6.07) is 0.784. The molecule has 1 aliphatic carbocycles. The Hall–Kier alpha value is -1.59. The monoisotopic (exact) mass is 293 g/mol. The quantitative estimate of drug-likeness (QED) is 0.869. The lowest BCUT2D eigenvalue weighted by Gasteiger charge is -2.31. The smallest absolute Gasteiger partial charge is 0.323 e. The van der Waals surface area contributed by atoms with E-state index in [4.69, 9.17) is 4.74 Å². The molecule has 0 radical (unpaired) electrons. The van der Waals surface area contributed by atoms with Gasteiger partial charge in [-0.05, 0) is 44.9 Å². The minimum Gasteiger partial charge on any atom is -0.461 e. The Labute approximate surface area is 127 Å². The molecule has 0 bridgehead atoms. The van der Waals surface area contributed by atoms with Crippen LogP contribution in [-0.4, -0.2) is 34.1 Å². The minimum atomic E-state index is 0.0414. The molecular formula is C15H27N5O. The molecule has 0 saturated heterocycles. The average Bonchev–Trinajstić information content (AvgIpc) is 2.36. The van der Waals surface area contributed by atoms with Crippen molar-refractivity contribution in [1.82, 2.24) is 15.0 Å². The zero-order valence-electron chi connectivity index (χ0n) is 13.7. The van der Waals surface area contributed by atoms with Crippen LogP contribution in [0.5, 0.6) is 6.01 Å². The van der Waals surface area contributed by atoms with Crippen molar-refractivity contribution in [3.05, 3.63) is 0 Å². The summed E-state index contributed by atoms with van der Waals surface area (Å²) in [5.41, 5.74) is 0. The van der Waals surface area contributed by atoms with Crippen LogP contribution in [0.15, 0.2) is 0 Å². The van der Waals surface area contributed by atoms with E-state index >= 15 is 0 Å². The van der Waals surface area contributed by atoms with Crippen molar-refractivity contribution in [1.29, 1.82) is 0 Å². The molecule has 1 saturated carbocycles. The van der Waals surface area contributed by atoms with E-state index in [1.54, 1.807) is 7.05 Å². The molecule has 6 nitrogen and oxygen atoms in total. The van der Waals surface area contributed by atoms with Crippen molar-refractivity contribution in [2.75, 3.05) is 17.7 Å². The van der Waals surface area contributed by atoms with Crippen molar-refractivity contribution in [3.63, 3.8) is 0 Å². The number of anilines is 2.